The van der Waals surface area contributed by atoms with E-state index in [1.165, 1.54) is 0 Å². The minimum atomic E-state index is -0.359. The van der Waals surface area contributed by atoms with Gasteiger partial charge in [0.05, 0.1) is 13.3 Å². The Morgan fingerprint density at radius 3 is 2.39 bits per heavy atom. The third-order valence-electron chi connectivity index (χ3n) is 5.20. The van der Waals surface area contributed by atoms with Crippen molar-refractivity contribution in [3.63, 3.8) is 0 Å². The number of fused-ring (bicyclic) bond motifs is 1. The third kappa shape index (κ3) is 5.07. The van der Waals surface area contributed by atoms with Crippen molar-refractivity contribution in [2.45, 2.75) is 6.92 Å². The first-order valence-electron chi connectivity index (χ1n) is 10.4. The molecule has 0 radical (unpaired) electrons. The first-order valence-corrected chi connectivity index (χ1v) is 10.4. The van der Waals surface area contributed by atoms with Crippen LogP contribution in [0, 0.1) is 6.92 Å². The van der Waals surface area contributed by atoms with E-state index in [4.69, 9.17) is 4.74 Å². The average molecular weight is 437 g/mol. The highest BCUT2D eigenvalue weighted by molar-refractivity contribution is 6.05. The van der Waals surface area contributed by atoms with E-state index >= 15 is 0 Å². The fourth-order valence-corrected chi connectivity index (χ4v) is 3.50. The molecule has 6 nitrogen and oxygen atoms in total. The summed E-state index contributed by atoms with van der Waals surface area (Å²) in [6.07, 6.45) is 1.58. The van der Waals surface area contributed by atoms with Crippen LogP contribution >= 0.6 is 0 Å². The highest BCUT2D eigenvalue weighted by Crippen LogP contribution is 2.26. The lowest BCUT2D eigenvalue weighted by Crippen LogP contribution is -2.18. The zero-order chi connectivity index (χ0) is 23.2. The number of carbonyl (C=O) groups excluding carboxylic acids is 2. The number of hydrogen-bond donors (Lipinski definition) is 2. The molecule has 0 unspecified atom stereocenters. The average Bonchev–Trinajstić information content (AvgIpc) is 2.84. The minimum absolute atomic E-state index is 0.204. The molecule has 33 heavy (non-hydrogen) atoms. The van der Waals surface area contributed by atoms with Gasteiger partial charge < -0.3 is 10.1 Å². The predicted molar refractivity (Wildman–Crippen MR) is 131 cm³/mol. The van der Waals surface area contributed by atoms with Gasteiger partial charge in [-0.1, -0.05) is 48.0 Å². The second-order valence-corrected chi connectivity index (χ2v) is 7.50. The molecule has 0 fully saturated rings. The number of methoxy groups -OCH3 is 1. The number of amides is 2. The monoisotopic (exact) mass is 437 g/mol. The lowest BCUT2D eigenvalue weighted by molar-refractivity contribution is 0.0954. The summed E-state index contributed by atoms with van der Waals surface area (Å²) in [5.74, 6) is 0.104. The summed E-state index contributed by atoms with van der Waals surface area (Å²) in [7, 11) is 1.60. The van der Waals surface area contributed by atoms with E-state index in [1.807, 2.05) is 61.5 Å². The summed E-state index contributed by atoms with van der Waals surface area (Å²) < 4.78 is 5.44. The molecular weight excluding hydrogens is 414 g/mol. The molecule has 0 atom stereocenters. The van der Waals surface area contributed by atoms with Gasteiger partial charge in [-0.3, -0.25) is 9.59 Å². The molecule has 4 aromatic carbocycles. The maximum Gasteiger partial charge on any atom is 0.271 e. The van der Waals surface area contributed by atoms with E-state index in [9.17, 15) is 9.59 Å². The van der Waals surface area contributed by atoms with Crippen LogP contribution in [0.3, 0.4) is 0 Å². The van der Waals surface area contributed by atoms with Crippen LogP contribution < -0.4 is 15.5 Å². The Bertz CT molecular complexity index is 1340. The Labute approximate surface area is 191 Å². The third-order valence-corrected chi connectivity index (χ3v) is 5.20. The summed E-state index contributed by atoms with van der Waals surface area (Å²) in [5.41, 5.74) is 5.94. The molecule has 0 saturated carbocycles. The number of anilines is 1. The van der Waals surface area contributed by atoms with Gasteiger partial charge in [-0.25, -0.2) is 5.43 Å². The zero-order valence-electron chi connectivity index (χ0n) is 18.3. The van der Waals surface area contributed by atoms with Gasteiger partial charge in [0.2, 0.25) is 0 Å². The van der Waals surface area contributed by atoms with Gasteiger partial charge in [0.15, 0.2) is 0 Å². The van der Waals surface area contributed by atoms with Crippen LogP contribution in [0.2, 0.25) is 0 Å². The van der Waals surface area contributed by atoms with Gasteiger partial charge in [0, 0.05) is 22.4 Å². The number of ether oxygens (including phenoxy) is 1. The second kappa shape index (κ2) is 9.78. The first kappa shape index (κ1) is 21.8. The molecule has 0 bridgehead atoms. The summed E-state index contributed by atoms with van der Waals surface area (Å²) >= 11 is 0. The van der Waals surface area contributed by atoms with E-state index in [0.29, 0.717) is 22.6 Å². The topological polar surface area (TPSA) is 79.8 Å². The molecule has 2 amide bonds. The lowest BCUT2D eigenvalue weighted by atomic mass is 10.0. The van der Waals surface area contributed by atoms with Crippen molar-refractivity contribution in [1.29, 1.82) is 0 Å². The molecule has 6 heteroatoms. The molecule has 4 rings (SSSR count). The molecule has 164 valence electrons. The van der Waals surface area contributed by atoms with E-state index in [1.54, 1.807) is 43.7 Å². The number of nitrogens with zero attached hydrogens (tertiary/aromatic N) is 1. The van der Waals surface area contributed by atoms with Gasteiger partial charge in [0.1, 0.15) is 5.75 Å². The van der Waals surface area contributed by atoms with E-state index in [2.05, 4.69) is 15.8 Å². The Kier molecular flexibility index (Phi) is 6.45. The van der Waals surface area contributed by atoms with E-state index < -0.39 is 0 Å². The largest absolute Gasteiger partial charge is 0.496 e. The van der Waals surface area contributed by atoms with Crippen molar-refractivity contribution in [3.05, 3.63) is 107 Å². The highest BCUT2D eigenvalue weighted by Gasteiger charge is 2.09. The van der Waals surface area contributed by atoms with E-state index in [0.717, 1.165) is 21.9 Å². The highest BCUT2D eigenvalue weighted by atomic mass is 16.5. The SMILES string of the molecule is COc1ccc2ccccc2c1C=NNC(=O)c1ccc(NC(=O)c2cccc(C)c2)cc1. The van der Waals surface area contributed by atoms with Crippen molar-refractivity contribution < 1.29 is 14.3 Å². The summed E-state index contributed by atoms with van der Waals surface area (Å²) in [6.45, 7) is 1.93. The number of nitrogens with one attached hydrogen (secondary N) is 2. The van der Waals surface area contributed by atoms with Gasteiger partial charge >= 0.3 is 0 Å². The molecule has 0 aromatic heterocycles. The molecule has 2 N–H and O–H groups in total. The molecule has 0 saturated heterocycles. The van der Waals surface area contributed by atoms with Gasteiger partial charge in [-0.2, -0.15) is 5.10 Å². The standard InChI is InChI=1S/C27H23N3O3/c1-18-6-5-8-21(16-18)26(31)29-22-13-10-20(11-14-22)27(32)30-28-17-24-23-9-4-3-7-19(23)12-15-25(24)33-2/h3-17H,1-2H3,(H,29,31)(H,30,32). The Balaban J connectivity index is 1.43. The molecule has 0 spiro atoms. The number of hydrazone groups is 1. The van der Waals surface area contributed by atoms with Gasteiger partial charge in [-0.15, -0.1) is 0 Å². The predicted octanol–water partition coefficient (Wildman–Crippen LogP) is 5.17. The maximum absolute atomic E-state index is 12.5. The first-order chi connectivity index (χ1) is 16.0. The lowest BCUT2D eigenvalue weighted by Gasteiger charge is -2.08. The fraction of sp³-hybridized carbons (Fsp3) is 0.0741. The quantitative estimate of drug-likeness (QED) is 0.322. The summed E-state index contributed by atoms with van der Waals surface area (Å²) in [6, 6.07) is 25.7. The number of aryl methyl sites for hydroxylation is 1. The fourth-order valence-electron chi connectivity index (χ4n) is 3.50. The molecule has 0 aliphatic carbocycles. The number of carbonyl (C=O) groups is 2. The number of rotatable bonds is 6. The van der Waals surface area contributed by atoms with Crippen molar-refractivity contribution in [1.82, 2.24) is 5.43 Å². The van der Waals surface area contributed by atoms with Crippen LogP contribution in [0.1, 0.15) is 31.8 Å². The molecule has 0 aliphatic heterocycles. The van der Waals surface area contributed by atoms with E-state index in [-0.39, 0.29) is 11.8 Å². The summed E-state index contributed by atoms with van der Waals surface area (Å²) in [5, 5.41) is 8.98. The van der Waals surface area contributed by atoms with Crippen LogP contribution in [0.15, 0.2) is 90.0 Å². The van der Waals surface area contributed by atoms with Crippen molar-refractivity contribution in [2.24, 2.45) is 5.10 Å². The molecule has 4 aromatic rings. The van der Waals surface area contributed by atoms with Crippen LogP contribution in [0.4, 0.5) is 5.69 Å². The molecular formula is C27H23N3O3. The van der Waals surface area contributed by atoms with Crippen molar-refractivity contribution in [2.75, 3.05) is 12.4 Å². The Morgan fingerprint density at radius 2 is 1.64 bits per heavy atom. The van der Waals surface area contributed by atoms with Crippen LogP contribution in [-0.4, -0.2) is 25.1 Å². The Morgan fingerprint density at radius 1 is 0.848 bits per heavy atom. The zero-order valence-corrected chi connectivity index (χ0v) is 18.3. The van der Waals surface area contributed by atoms with Crippen LogP contribution in [-0.2, 0) is 0 Å². The molecule has 0 aliphatic rings. The second-order valence-electron chi connectivity index (χ2n) is 7.50. The van der Waals surface area contributed by atoms with Crippen LogP contribution in [0.25, 0.3) is 10.8 Å². The normalized spacial score (nSPS) is 10.8. The Hall–Kier alpha value is -4.45. The number of hydrogen-bond acceptors (Lipinski definition) is 4. The van der Waals surface area contributed by atoms with Crippen LogP contribution in [0.5, 0.6) is 5.75 Å². The summed E-state index contributed by atoms with van der Waals surface area (Å²) in [4.78, 5) is 24.9. The van der Waals surface area contributed by atoms with Crippen molar-refractivity contribution >= 4 is 34.5 Å². The van der Waals surface area contributed by atoms with Gasteiger partial charge in [-0.05, 0) is 60.2 Å². The number of benzene rings is 4. The minimum Gasteiger partial charge on any atom is -0.496 e. The maximum atomic E-state index is 12.5. The van der Waals surface area contributed by atoms with Gasteiger partial charge in [0.25, 0.3) is 11.8 Å². The molecule has 0 heterocycles. The smallest absolute Gasteiger partial charge is 0.271 e. The van der Waals surface area contributed by atoms with Crippen molar-refractivity contribution in [3.8, 4) is 5.75 Å².